The van der Waals surface area contributed by atoms with Crippen LogP contribution in [-0.2, 0) is 6.54 Å². The summed E-state index contributed by atoms with van der Waals surface area (Å²) in [5.74, 6) is 1.65. The molecule has 2 fully saturated rings. The molecule has 5 nitrogen and oxygen atoms in total. The van der Waals surface area contributed by atoms with Gasteiger partial charge in [0.2, 0.25) is 0 Å². The van der Waals surface area contributed by atoms with Gasteiger partial charge in [0, 0.05) is 6.54 Å². The monoisotopic (exact) mass is 327 g/mol. The van der Waals surface area contributed by atoms with E-state index >= 15 is 0 Å². The molecule has 1 N–H and O–H groups in total. The Morgan fingerprint density at radius 3 is 2.75 bits per heavy atom. The van der Waals surface area contributed by atoms with Crippen molar-refractivity contribution in [1.29, 1.82) is 0 Å². The second-order valence-corrected chi connectivity index (χ2v) is 7.12. The van der Waals surface area contributed by atoms with Gasteiger partial charge in [-0.3, -0.25) is 14.3 Å². The summed E-state index contributed by atoms with van der Waals surface area (Å²) < 4.78 is 1.70. The Labute approximate surface area is 141 Å². The second kappa shape index (κ2) is 6.65. The molecule has 0 radical (unpaired) electrons. The molecule has 0 amide bonds. The van der Waals surface area contributed by atoms with E-state index in [1.165, 1.54) is 19.3 Å². The van der Waals surface area contributed by atoms with Crippen molar-refractivity contribution in [3.8, 4) is 0 Å². The van der Waals surface area contributed by atoms with Gasteiger partial charge in [-0.05, 0) is 50.3 Å². The number of fused-ring (bicyclic) bond motifs is 1. The van der Waals surface area contributed by atoms with Gasteiger partial charge in [-0.2, -0.15) is 0 Å². The minimum absolute atomic E-state index is 0.0276. The molecule has 1 unspecified atom stereocenters. The van der Waals surface area contributed by atoms with Gasteiger partial charge in [0.15, 0.2) is 0 Å². The van der Waals surface area contributed by atoms with Gasteiger partial charge in [-0.15, -0.1) is 0 Å². The number of benzene rings is 1. The minimum Gasteiger partial charge on any atom is -0.395 e. The van der Waals surface area contributed by atoms with Crippen molar-refractivity contribution >= 4 is 10.9 Å². The zero-order valence-electron chi connectivity index (χ0n) is 14.0. The first-order valence-electron chi connectivity index (χ1n) is 9.12. The lowest BCUT2D eigenvalue weighted by atomic mass is 9.85. The zero-order chi connectivity index (χ0) is 16.5. The van der Waals surface area contributed by atoms with Gasteiger partial charge in [-0.25, -0.2) is 4.98 Å². The molecular formula is C19H25N3O2. The molecule has 2 aliphatic rings. The van der Waals surface area contributed by atoms with Gasteiger partial charge < -0.3 is 5.11 Å². The molecule has 1 aromatic carbocycles. The van der Waals surface area contributed by atoms with E-state index < -0.39 is 0 Å². The molecule has 1 aromatic heterocycles. The van der Waals surface area contributed by atoms with Crippen molar-refractivity contribution in [3.05, 3.63) is 40.4 Å². The topological polar surface area (TPSA) is 58.4 Å². The molecule has 0 spiro atoms. The van der Waals surface area contributed by atoms with E-state index in [9.17, 15) is 9.90 Å². The Hall–Kier alpha value is -1.72. The predicted octanol–water partition coefficient (Wildman–Crippen LogP) is 2.33. The molecule has 1 aliphatic heterocycles. The van der Waals surface area contributed by atoms with E-state index in [1.807, 2.05) is 24.3 Å². The summed E-state index contributed by atoms with van der Waals surface area (Å²) in [4.78, 5) is 20.2. The first kappa shape index (κ1) is 15.8. The summed E-state index contributed by atoms with van der Waals surface area (Å²) >= 11 is 0. The van der Waals surface area contributed by atoms with Gasteiger partial charge >= 0.3 is 0 Å². The highest BCUT2D eigenvalue weighted by Gasteiger charge is 2.32. The number of hydrogen-bond acceptors (Lipinski definition) is 4. The van der Waals surface area contributed by atoms with Crippen molar-refractivity contribution < 1.29 is 5.11 Å². The lowest BCUT2D eigenvalue weighted by Crippen LogP contribution is -2.36. The van der Waals surface area contributed by atoms with Crippen LogP contribution in [0.2, 0.25) is 0 Å². The number of rotatable bonds is 5. The minimum atomic E-state index is -0.0394. The number of aliphatic hydroxyl groups is 1. The van der Waals surface area contributed by atoms with Crippen molar-refractivity contribution in [1.82, 2.24) is 14.5 Å². The molecule has 1 aliphatic carbocycles. The van der Waals surface area contributed by atoms with E-state index in [0.717, 1.165) is 43.2 Å². The molecule has 24 heavy (non-hydrogen) atoms. The number of aromatic nitrogens is 2. The third-order valence-corrected chi connectivity index (χ3v) is 5.59. The quantitative estimate of drug-likeness (QED) is 0.916. The molecule has 5 heteroatoms. The van der Waals surface area contributed by atoms with Gasteiger partial charge in [0.05, 0.1) is 30.1 Å². The molecule has 1 atom stereocenters. The summed E-state index contributed by atoms with van der Waals surface area (Å²) in [5, 5.41) is 10.1. The van der Waals surface area contributed by atoms with Crippen LogP contribution in [0.1, 0.15) is 44.0 Å². The number of para-hydroxylation sites is 1. The molecule has 4 rings (SSSR count). The van der Waals surface area contributed by atoms with E-state index in [0.29, 0.717) is 11.9 Å². The van der Waals surface area contributed by atoms with Crippen LogP contribution in [0.15, 0.2) is 29.1 Å². The zero-order valence-corrected chi connectivity index (χ0v) is 14.0. The third kappa shape index (κ3) is 2.76. The van der Waals surface area contributed by atoms with Crippen LogP contribution in [0.5, 0.6) is 0 Å². The Morgan fingerprint density at radius 1 is 1.17 bits per heavy atom. The van der Waals surface area contributed by atoms with E-state index in [2.05, 4.69) is 4.90 Å². The smallest absolute Gasteiger partial charge is 0.261 e. The van der Waals surface area contributed by atoms with Gasteiger partial charge in [0.25, 0.3) is 5.56 Å². The number of hydrogen-bond donors (Lipinski definition) is 1. The lowest BCUT2D eigenvalue weighted by molar-refractivity contribution is 0.158. The van der Waals surface area contributed by atoms with Crippen molar-refractivity contribution in [2.75, 3.05) is 19.7 Å². The van der Waals surface area contributed by atoms with Crippen LogP contribution >= 0.6 is 0 Å². The maximum absolute atomic E-state index is 12.9. The van der Waals surface area contributed by atoms with Crippen molar-refractivity contribution in [2.45, 2.75) is 44.7 Å². The number of aliphatic hydroxyl groups excluding tert-OH is 1. The standard InChI is InChI=1S/C19H25N3O2/c23-12-11-22-18(20-16-8-2-1-7-15(16)19(22)24)17-9-4-10-21(17)13-14-5-3-6-14/h1-2,7-8,14,17,23H,3-6,9-13H2. The summed E-state index contributed by atoms with van der Waals surface area (Å²) in [6.45, 7) is 2.48. The van der Waals surface area contributed by atoms with Crippen molar-refractivity contribution in [3.63, 3.8) is 0 Å². The Balaban J connectivity index is 1.76. The fourth-order valence-corrected chi connectivity index (χ4v) is 4.10. The van der Waals surface area contributed by atoms with E-state index in [-0.39, 0.29) is 18.2 Å². The highest BCUT2D eigenvalue weighted by molar-refractivity contribution is 5.77. The van der Waals surface area contributed by atoms with Crippen LogP contribution < -0.4 is 5.56 Å². The predicted molar refractivity (Wildman–Crippen MR) is 94.0 cm³/mol. The maximum atomic E-state index is 12.9. The second-order valence-electron chi connectivity index (χ2n) is 7.12. The molecule has 2 heterocycles. The Kier molecular flexibility index (Phi) is 4.37. The summed E-state index contributed by atoms with van der Waals surface area (Å²) in [6, 6.07) is 7.73. The average Bonchev–Trinajstić information content (AvgIpc) is 3.02. The SMILES string of the molecule is O=c1c2ccccc2nc(C2CCCN2CC2CCC2)n1CCO. The fourth-order valence-electron chi connectivity index (χ4n) is 4.10. The van der Waals surface area contributed by atoms with Gasteiger partial charge in [0.1, 0.15) is 5.82 Å². The molecule has 1 saturated carbocycles. The Bertz CT molecular complexity index is 782. The summed E-state index contributed by atoms with van der Waals surface area (Å²) in [7, 11) is 0. The maximum Gasteiger partial charge on any atom is 0.261 e. The lowest BCUT2D eigenvalue weighted by Gasteiger charge is -2.33. The van der Waals surface area contributed by atoms with Crippen LogP contribution in [0.25, 0.3) is 10.9 Å². The molecule has 2 aromatic rings. The largest absolute Gasteiger partial charge is 0.395 e. The fraction of sp³-hybridized carbons (Fsp3) is 0.579. The summed E-state index contributed by atoms with van der Waals surface area (Å²) in [5.41, 5.74) is 0.738. The van der Waals surface area contributed by atoms with Gasteiger partial charge in [-0.1, -0.05) is 18.6 Å². The van der Waals surface area contributed by atoms with Crippen LogP contribution in [0.4, 0.5) is 0 Å². The van der Waals surface area contributed by atoms with Crippen LogP contribution in [0, 0.1) is 5.92 Å². The van der Waals surface area contributed by atoms with E-state index in [4.69, 9.17) is 4.98 Å². The van der Waals surface area contributed by atoms with E-state index in [1.54, 1.807) is 4.57 Å². The van der Waals surface area contributed by atoms with Crippen LogP contribution in [-0.4, -0.2) is 39.3 Å². The Morgan fingerprint density at radius 2 is 2.00 bits per heavy atom. The van der Waals surface area contributed by atoms with Crippen molar-refractivity contribution in [2.24, 2.45) is 5.92 Å². The molecular weight excluding hydrogens is 302 g/mol. The highest BCUT2D eigenvalue weighted by atomic mass is 16.3. The number of likely N-dealkylation sites (tertiary alicyclic amines) is 1. The first-order chi connectivity index (χ1) is 11.8. The molecule has 0 bridgehead atoms. The molecule has 1 saturated heterocycles. The molecule has 128 valence electrons. The third-order valence-electron chi connectivity index (χ3n) is 5.59. The summed E-state index contributed by atoms with van der Waals surface area (Å²) in [6.07, 6.45) is 6.21. The normalized spacial score (nSPS) is 22.1. The first-order valence-corrected chi connectivity index (χ1v) is 9.12. The average molecular weight is 327 g/mol. The van der Waals surface area contributed by atoms with Crippen LogP contribution in [0.3, 0.4) is 0 Å². The number of nitrogens with zero attached hydrogens (tertiary/aromatic N) is 3. The highest BCUT2D eigenvalue weighted by Crippen LogP contribution is 2.35.